The first-order valence-corrected chi connectivity index (χ1v) is 9.75. The van der Waals surface area contributed by atoms with Crippen molar-refractivity contribution in [2.75, 3.05) is 18.8 Å². The number of hydrogen-bond acceptors (Lipinski definition) is 5. The minimum absolute atomic E-state index is 0.0386. The Morgan fingerprint density at radius 1 is 1.42 bits per heavy atom. The predicted octanol–water partition coefficient (Wildman–Crippen LogP) is -0.232. The van der Waals surface area contributed by atoms with Crippen LogP contribution in [0.3, 0.4) is 0 Å². The molecule has 128 valence electrons. The molecule has 2 N–H and O–H groups in total. The molecule has 2 aromatic heterocycles. The smallest absolute Gasteiger partial charge is 0.228 e. The van der Waals surface area contributed by atoms with Crippen LogP contribution < -0.4 is 5.73 Å². The van der Waals surface area contributed by atoms with E-state index in [1.54, 1.807) is 11.1 Å². The second-order valence-electron chi connectivity index (χ2n) is 6.81. The van der Waals surface area contributed by atoms with Gasteiger partial charge in [0.05, 0.1) is 23.1 Å². The summed E-state index contributed by atoms with van der Waals surface area (Å²) in [5.74, 6) is -0.171. The van der Waals surface area contributed by atoms with Gasteiger partial charge in [-0.25, -0.2) is 13.4 Å². The average Bonchev–Trinajstić information content (AvgIpc) is 3.17. The summed E-state index contributed by atoms with van der Waals surface area (Å²) in [5.41, 5.74) is 8.64. The Labute approximate surface area is 140 Å². The van der Waals surface area contributed by atoms with Crippen molar-refractivity contribution in [3.63, 3.8) is 0 Å². The van der Waals surface area contributed by atoms with Gasteiger partial charge >= 0.3 is 0 Å². The lowest BCUT2D eigenvalue weighted by atomic mass is 10.0. The molecule has 2 aliphatic rings. The molecule has 0 spiro atoms. The summed E-state index contributed by atoms with van der Waals surface area (Å²) in [5, 5.41) is -0.499. The van der Waals surface area contributed by atoms with Crippen molar-refractivity contribution in [3.05, 3.63) is 35.8 Å². The van der Waals surface area contributed by atoms with Gasteiger partial charge in [0.15, 0.2) is 9.84 Å². The van der Waals surface area contributed by atoms with Gasteiger partial charge in [-0.2, -0.15) is 0 Å². The topological polar surface area (TPSA) is 97.8 Å². The molecule has 0 unspecified atom stereocenters. The Kier molecular flexibility index (Phi) is 3.43. The molecule has 0 bridgehead atoms. The highest BCUT2D eigenvalue weighted by Crippen LogP contribution is 2.33. The standard InChI is InChI=1S/C16H20N4O3S/c1-10-3-2-4-20-11(6-18-16(10)20)5-15(21)19-7-12-13(17)9-24(22,23)14(12)8-19/h2-4,6,12-14H,5,7-9,17H2,1H3/t12-,13+,14-/m0/s1. The second kappa shape index (κ2) is 5.29. The van der Waals surface area contributed by atoms with E-state index in [1.165, 1.54) is 0 Å². The van der Waals surface area contributed by atoms with E-state index in [-0.39, 0.29) is 36.6 Å². The zero-order chi connectivity index (χ0) is 17.1. The summed E-state index contributed by atoms with van der Waals surface area (Å²) in [6.45, 7) is 2.66. The van der Waals surface area contributed by atoms with Gasteiger partial charge < -0.3 is 15.0 Å². The zero-order valence-corrected chi connectivity index (χ0v) is 14.2. The number of aromatic nitrogens is 2. The van der Waals surface area contributed by atoms with Crippen LogP contribution in [0.2, 0.25) is 0 Å². The number of fused-ring (bicyclic) bond motifs is 2. The first kappa shape index (κ1) is 15.6. The lowest BCUT2D eigenvalue weighted by Gasteiger charge is -2.18. The van der Waals surface area contributed by atoms with E-state index in [9.17, 15) is 13.2 Å². The largest absolute Gasteiger partial charge is 0.341 e. The molecule has 4 heterocycles. The van der Waals surface area contributed by atoms with Crippen LogP contribution in [-0.2, 0) is 21.1 Å². The summed E-state index contributed by atoms with van der Waals surface area (Å²) in [6.07, 6.45) is 3.80. The number of nitrogens with two attached hydrogens (primary N) is 1. The molecular formula is C16H20N4O3S. The molecule has 0 radical (unpaired) electrons. The summed E-state index contributed by atoms with van der Waals surface area (Å²) in [4.78, 5) is 18.6. The van der Waals surface area contributed by atoms with Crippen LogP contribution in [0.1, 0.15) is 11.3 Å². The zero-order valence-electron chi connectivity index (χ0n) is 13.4. The Morgan fingerprint density at radius 2 is 2.21 bits per heavy atom. The molecule has 4 rings (SSSR count). The maximum absolute atomic E-state index is 12.6. The van der Waals surface area contributed by atoms with Gasteiger partial charge in [-0.05, 0) is 18.6 Å². The van der Waals surface area contributed by atoms with Crippen molar-refractivity contribution in [3.8, 4) is 0 Å². The molecule has 2 saturated heterocycles. The number of nitrogens with zero attached hydrogens (tertiary/aromatic N) is 3. The second-order valence-corrected chi connectivity index (χ2v) is 9.07. The highest BCUT2D eigenvalue weighted by atomic mass is 32.2. The van der Waals surface area contributed by atoms with E-state index in [0.717, 1.165) is 16.9 Å². The molecule has 0 aromatic carbocycles. The van der Waals surface area contributed by atoms with Crippen LogP contribution in [-0.4, -0.2) is 58.7 Å². The van der Waals surface area contributed by atoms with Gasteiger partial charge in [0.25, 0.3) is 0 Å². The fourth-order valence-electron chi connectivity index (χ4n) is 3.91. The molecule has 2 aliphatic heterocycles. The Morgan fingerprint density at radius 3 is 2.96 bits per heavy atom. The lowest BCUT2D eigenvalue weighted by Crippen LogP contribution is -2.36. The van der Waals surface area contributed by atoms with Crippen molar-refractivity contribution in [1.29, 1.82) is 0 Å². The third kappa shape index (κ3) is 2.32. The third-order valence-electron chi connectivity index (χ3n) is 5.24. The number of likely N-dealkylation sites (tertiary alicyclic amines) is 1. The van der Waals surface area contributed by atoms with Crippen LogP contribution in [0.15, 0.2) is 24.5 Å². The molecule has 7 nitrogen and oxygen atoms in total. The Bertz CT molecular complexity index is 921. The Hall–Kier alpha value is -1.93. The van der Waals surface area contributed by atoms with Gasteiger partial charge in [0.1, 0.15) is 5.65 Å². The summed E-state index contributed by atoms with van der Waals surface area (Å²) >= 11 is 0. The highest BCUT2D eigenvalue weighted by molar-refractivity contribution is 7.92. The monoisotopic (exact) mass is 348 g/mol. The number of sulfone groups is 1. The minimum Gasteiger partial charge on any atom is -0.341 e. The molecule has 0 saturated carbocycles. The molecule has 8 heteroatoms. The summed E-state index contributed by atoms with van der Waals surface area (Å²) < 4.78 is 26.1. The number of carbonyl (C=O) groups is 1. The number of imidazole rings is 1. The van der Waals surface area contributed by atoms with Crippen molar-refractivity contribution < 1.29 is 13.2 Å². The summed E-state index contributed by atoms with van der Waals surface area (Å²) in [6, 6.07) is 3.53. The fraction of sp³-hybridized carbons (Fsp3) is 0.500. The van der Waals surface area contributed by atoms with Crippen LogP contribution >= 0.6 is 0 Å². The van der Waals surface area contributed by atoms with Crippen LogP contribution in [0.4, 0.5) is 0 Å². The number of amides is 1. The first-order chi connectivity index (χ1) is 11.4. The number of pyridine rings is 1. The van der Waals surface area contributed by atoms with Crippen LogP contribution in [0.5, 0.6) is 0 Å². The van der Waals surface area contributed by atoms with Gasteiger partial charge in [0, 0.05) is 37.4 Å². The van der Waals surface area contributed by atoms with Crippen molar-refractivity contribution in [2.24, 2.45) is 11.7 Å². The van der Waals surface area contributed by atoms with Crippen LogP contribution in [0.25, 0.3) is 5.65 Å². The maximum atomic E-state index is 12.6. The van der Waals surface area contributed by atoms with Gasteiger partial charge in [0.2, 0.25) is 5.91 Å². The molecule has 3 atom stereocenters. The van der Waals surface area contributed by atoms with Crippen molar-refractivity contribution in [2.45, 2.75) is 24.6 Å². The third-order valence-corrected chi connectivity index (χ3v) is 7.51. The lowest BCUT2D eigenvalue weighted by molar-refractivity contribution is -0.129. The SMILES string of the molecule is Cc1cccn2c(CC(=O)N3C[C@H]4[C@H](N)CS(=O)(=O)[C@H]4C3)cnc12. The normalized spacial score (nSPS) is 28.4. The van der Waals surface area contributed by atoms with E-state index in [2.05, 4.69) is 4.98 Å². The van der Waals surface area contributed by atoms with E-state index in [1.807, 2.05) is 29.7 Å². The highest BCUT2D eigenvalue weighted by Gasteiger charge is 2.51. The van der Waals surface area contributed by atoms with E-state index in [4.69, 9.17) is 5.73 Å². The predicted molar refractivity (Wildman–Crippen MR) is 89.3 cm³/mol. The van der Waals surface area contributed by atoms with Crippen molar-refractivity contribution in [1.82, 2.24) is 14.3 Å². The molecule has 2 aromatic rings. The maximum Gasteiger partial charge on any atom is 0.228 e. The number of aryl methyl sites for hydroxylation is 1. The molecule has 1 amide bonds. The van der Waals surface area contributed by atoms with E-state index < -0.39 is 15.1 Å². The summed E-state index contributed by atoms with van der Waals surface area (Å²) in [7, 11) is -3.18. The Balaban J connectivity index is 1.54. The van der Waals surface area contributed by atoms with Gasteiger partial charge in [-0.1, -0.05) is 6.07 Å². The van der Waals surface area contributed by atoms with Crippen LogP contribution in [0, 0.1) is 12.8 Å². The molecule has 2 fully saturated rings. The molecular weight excluding hydrogens is 328 g/mol. The van der Waals surface area contributed by atoms with E-state index >= 15 is 0 Å². The number of carbonyl (C=O) groups excluding carboxylic acids is 1. The van der Waals surface area contributed by atoms with Crippen molar-refractivity contribution >= 4 is 21.4 Å². The fourth-order valence-corrected chi connectivity index (χ4v) is 6.17. The number of rotatable bonds is 2. The number of hydrogen-bond donors (Lipinski definition) is 1. The van der Waals surface area contributed by atoms with E-state index in [0.29, 0.717) is 6.54 Å². The van der Waals surface area contributed by atoms with Gasteiger partial charge in [-0.3, -0.25) is 4.79 Å². The van der Waals surface area contributed by atoms with Gasteiger partial charge in [-0.15, -0.1) is 0 Å². The molecule has 24 heavy (non-hydrogen) atoms. The average molecular weight is 348 g/mol. The minimum atomic E-state index is -3.18. The molecule has 0 aliphatic carbocycles. The quantitative estimate of drug-likeness (QED) is 0.808. The first-order valence-electron chi connectivity index (χ1n) is 8.03.